The summed E-state index contributed by atoms with van der Waals surface area (Å²) in [7, 11) is 0. The van der Waals surface area contributed by atoms with Gasteiger partial charge in [-0.25, -0.2) is 0 Å². The number of hydrogen-bond acceptors (Lipinski definition) is 5. The first-order valence-corrected chi connectivity index (χ1v) is 10.1. The zero-order chi connectivity index (χ0) is 16.2. The summed E-state index contributed by atoms with van der Waals surface area (Å²) >= 11 is 3.42. The molecule has 1 saturated heterocycles. The van der Waals surface area contributed by atoms with Crippen LogP contribution in [0.2, 0.25) is 0 Å². The molecule has 0 radical (unpaired) electrons. The second-order valence-electron chi connectivity index (χ2n) is 5.75. The van der Waals surface area contributed by atoms with Crippen LogP contribution in [-0.4, -0.2) is 33.2 Å². The fourth-order valence-corrected chi connectivity index (χ4v) is 4.56. The molecule has 2 aromatic heterocycles. The molecule has 4 rings (SSSR count). The predicted octanol–water partition coefficient (Wildman–Crippen LogP) is 4.66. The van der Waals surface area contributed by atoms with Crippen LogP contribution in [0.25, 0.3) is 16.4 Å². The number of aromatic nitrogens is 3. The first kappa shape index (κ1) is 15.9. The Hall–Kier alpha value is -1.63. The number of rotatable bonds is 5. The molecule has 124 valence electrons. The minimum absolute atomic E-state index is 0.329. The van der Waals surface area contributed by atoms with E-state index in [-0.39, 0.29) is 0 Å². The van der Waals surface area contributed by atoms with E-state index in [4.69, 9.17) is 4.74 Å². The van der Waals surface area contributed by atoms with Crippen LogP contribution in [0.15, 0.2) is 53.0 Å². The van der Waals surface area contributed by atoms with Crippen molar-refractivity contribution < 1.29 is 4.74 Å². The maximum absolute atomic E-state index is 5.85. The Balaban J connectivity index is 1.64. The minimum atomic E-state index is 0.329. The van der Waals surface area contributed by atoms with Gasteiger partial charge in [-0.05, 0) is 42.8 Å². The molecular formula is C18H19N3OS2. The van der Waals surface area contributed by atoms with Gasteiger partial charge in [-0.15, -0.1) is 21.5 Å². The smallest absolute Gasteiger partial charge is 0.196 e. The molecule has 1 aliphatic rings. The molecule has 1 atom stereocenters. The van der Waals surface area contributed by atoms with E-state index in [1.165, 1.54) is 12.8 Å². The normalized spacial score (nSPS) is 17.9. The third kappa shape index (κ3) is 3.41. The van der Waals surface area contributed by atoms with Gasteiger partial charge in [0.2, 0.25) is 0 Å². The van der Waals surface area contributed by atoms with Crippen LogP contribution >= 0.6 is 23.1 Å². The second kappa shape index (κ2) is 7.51. The van der Waals surface area contributed by atoms with Gasteiger partial charge >= 0.3 is 0 Å². The molecule has 24 heavy (non-hydrogen) atoms. The summed E-state index contributed by atoms with van der Waals surface area (Å²) in [6.45, 7) is 0.886. The summed E-state index contributed by atoms with van der Waals surface area (Å²) in [5.41, 5.74) is 1.10. The lowest BCUT2D eigenvalue weighted by Crippen LogP contribution is -2.21. The van der Waals surface area contributed by atoms with E-state index in [0.29, 0.717) is 6.10 Å². The average Bonchev–Trinajstić information content (AvgIpc) is 3.31. The van der Waals surface area contributed by atoms with Gasteiger partial charge in [0.25, 0.3) is 0 Å². The van der Waals surface area contributed by atoms with Crippen LogP contribution < -0.4 is 0 Å². The number of benzene rings is 1. The lowest BCUT2D eigenvalue weighted by Gasteiger charge is -2.21. The Labute approximate surface area is 149 Å². The highest BCUT2D eigenvalue weighted by Gasteiger charge is 2.19. The predicted molar refractivity (Wildman–Crippen MR) is 99.0 cm³/mol. The molecule has 1 aliphatic heterocycles. The Bertz CT molecular complexity index is 765. The van der Waals surface area contributed by atoms with Crippen LogP contribution in [0.3, 0.4) is 0 Å². The third-order valence-corrected chi connectivity index (χ3v) is 5.99. The maximum atomic E-state index is 5.85. The second-order valence-corrected chi connectivity index (χ2v) is 7.69. The molecule has 3 aromatic rings. The highest BCUT2D eigenvalue weighted by Crippen LogP contribution is 2.31. The Kier molecular flexibility index (Phi) is 4.96. The summed E-state index contributed by atoms with van der Waals surface area (Å²) in [4.78, 5) is 1.13. The lowest BCUT2D eigenvalue weighted by atomic mass is 10.1. The standard InChI is InChI=1S/C18H19N3OS2/c1-2-7-14(8-3-1)21-17(16-10-6-12-23-16)19-20-18(21)24-13-15-9-4-5-11-22-15/h1-3,6-8,10,12,15H,4-5,9,11,13H2/t15-/m0/s1. The summed E-state index contributed by atoms with van der Waals surface area (Å²) in [5, 5.41) is 11.9. The topological polar surface area (TPSA) is 39.9 Å². The zero-order valence-corrected chi connectivity index (χ0v) is 14.9. The van der Waals surface area contributed by atoms with E-state index >= 15 is 0 Å². The monoisotopic (exact) mass is 357 g/mol. The molecule has 0 unspecified atom stereocenters. The Morgan fingerprint density at radius 3 is 2.79 bits per heavy atom. The maximum Gasteiger partial charge on any atom is 0.196 e. The SMILES string of the molecule is c1ccc(-n2c(SC[C@@H]3CCCCO3)nnc2-c2cccs2)cc1. The van der Waals surface area contributed by atoms with Gasteiger partial charge < -0.3 is 4.74 Å². The fraction of sp³-hybridized carbons (Fsp3) is 0.333. The average molecular weight is 358 g/mol. The summed E-state index contributed by atoms with van der Waals surface area (Å²) in [6.07, 6.45) is 3.92. The molecular weight excluding hydrogens is 338 g/mol. The quantitative estimate of drug-likeness (QED) is 0.623. The third-order valence-electron chi connectivity index (χ3n) is 4.06. The van der Waals surface area contributed by atoms with E-state index in [1.54, 1.807) is 23.1 Å². The summed E-state index contributed by atoms with van der Waals surface area (Å²) < 4.78 is 8.00. The molecule has 1 fully saturated rings. The van der Waals surface area contributed by atoms with Crippen molar-refractivity contribution in [1.82, 2.24) is 14.8 Å². The van der Waals surface area contributed by atoms with E-state index in [1.807, 2.05) is 24.3 Å². The summed E-state index contributed by atoms with van der Waals surface area (Å²) in [5.74, 6) is 1.83. The van der Waals surface area contributed by atoms with Gasteiger partial charge in [0.1, 0.15) is 0 Å². The van der Waals surface area contributed by atoms with Crippen molar-refractivity contribution in [2.45, 2.75) is 30.5 Å². The van der Waals surface area contributed by atoms with Gasteiger partial charge in [0.05, 0.1) is 11.0 Å². The van der Waals surface area contributed by atoms with Crippen molar-refractivity contribution >= 4 is 23.1 Å². The Morgan fingerprint density at radius 1 is 1.12 bits per heavy atom. The molecule has 4 nitrogen and oxygen atoms in total. The molecule has 0 spiro atoms. The highest BCUT2D eigenvalue weighted by atomic mass is 32.2. The summed E-state index contributed by atoms with van der Waals surface area (Å²) in [6, 6.07) is 14.5. The lowest BCUT2D eigenvalue weighted by molar-refractivity contribution is 0.0315. The molecule has 0 N–H and O–H groups in total. The number of thioether (sulfide) groups is 1. The van der Waals surface area contributed by atoms with Crippen molar-refractivity contribution in [2.75, 3.05) is 12.4 Å². The van der Waals surface area contributed by atoms with Gasteiger partial charge in [-0.3, -0.25) is 4.57 Å². The van der Waals surface area contributed by atoms with Gasteiger partial charge in [-0.2, -0.15) is 0 Å². The van der Waals surface area contributed by atoms with Crippen LogP contribution in [0.1, 0.15) is 19.3 Å². The van der Waals surface area contributed by atoms with E-state index < -0.39 is 0 Å². The van der Waals surface area contributed by atoms with E-state index in [9.17, 15) is 0 Å². The van der Waals surface area contributed by atoms with Crippen molar-refractivity contribution in [3.8, 4) is 16.4 Å². The minimum Gasteiger partial charge on any atom is -0.377 e. The first-order chi connectivity index (χ1) is 11.9. The molecule has 0 saturated carbocycles. The molecule has 0 amide bonds. The molecule has 0 bridgehead atoms. The largest absolute Gasteiger partial charge is 0.377 e. The van der Waals surface area contributed by atoms with Crippen LogP contribution in [0.5, 0.6) is 0 Å². The molecule has 1 aromatic carbocycles. The van der Waals surface area contributed by atoms with Crippen LogP contribution in [-0.2, 0) is 4.74 Å². The van der Waals surface area contributed by atoms with Gasteiger partial charge in [0, 0.05) is 18.0 Å². The zero-order valence-electron chi connectivity index (χ0n) is 13.3. The fourth-order valence-electron chi connectivity index (χ4n) is 2.84. The first-order valence-electron chi connectivity index (χ1n) is 8.21. The number of hydrogen-bond donors (Lipinski definition) is 0. The Morgan fingerprint density at radius 2 is 2.04 bits per heavy atom. The molecule has 0 aliphatic carbocycles. The van der Waals surface area contributed by atoms with Crippen LogP contribution in [0.4, 0.5) is 0 Å². The number of para-hydroxylation sites is 1. The van der Waals surface area contributed by atoms with Crippen molar-refractivity contribution in [3.05, 3.63) is 47.8 Å². The molecule has 6 heteroatoms. The van der Waals surface area contributed by atoms with Crippen LogP contribution in [0, 0.1) is 0 Å². The highest BCUT2D eigenvalue weighted by molar-refractivity contribution is 7.99. The molecule has 3 heterocycles. The van der Waals surface area contributed by atoms with Gasteiger partial charge in [0.15, 0.2) is 11.0 Å². The van der Waals surface area contributed by atoms with Gasteiger partial charge in [-0.1, -0.05) is 36.0 Å². The van der Waals surface area contributed by atoms with E-state index in [2.05, 4.69) is 38.3 Å². The number of nitrogens with zero attached hydrogens (tertiary/aromatic N) is 3. The number of thiophene rings is 1. The van der Waals surface area contributed by atoms with E-state index in [0.717, 1.165) is 40.3 Å². The number of ether oxygens (including phenoxy) is 1. The van der Waals surface area contributed by atoms with Crippen molar-refractivity contribution in [2.24, 2.45) is 0 Å². The van der Waals surface area contributed by atoms with Crippen molar-refractivity contribution in [3.63, 3.8) is 0 Å². The van der Waals surface area contributed by atoms with Crippen molar-refractivity contribution in [1.29, 1.82) is 0 Å².